The average Bonchev–Trinajstić information content (AvgIpc) is 2.82. The van der Waals surface area contributed by atoms with Gasteiger partial charge in [-0.3, -0.25) is 4.40 Å². The van der Waals surface area contributed by atoms with Gasteiger partial charge in [-0.05, 0) is 18.2 Å². The van der Waals surface area contributed by atoms with Gasteiger partial charge in [-0.2, -0.15) is 5.26 Å². The highest BCUT2D eigenvalue weighted by Crippen LogP contribution is 2.18. The van der Waals surface area contributed by atoms with Crippen molar-refractivity contribution in [3.05, 3.63) is 54.5 Å². The number of rotatable bonds is 1. The third-order valence-electron chi connectivity index (χ3n) is 2.55. The van der Waals surface area contributed by atoms with Gasteiger partial charge in [0.2, 0.25) is 5.78 Å². The number of hydrogen-bond acceptors (Lipinski definition) is 3. The molecule has 0 saturated heterocycles. The van der Waals surface area contributed by atoms with E-state index in [1.165, 1.54) is 0 Å². The standard InChI is InChI=1S/C13H8N4/c14-8-10-2-4-11(5-3-10)12-9-17-7-1-6-15-13(17)16-12/h1-7,9H. The summed E-state index contributed by atoms with van der Waals surface area (Å²) in [6.45, 7) is 0. The number of nitriles is 1. The van der Waals surface area contributed by atoms with Crippen molar-refractivity contribution in [1.29, 1.82) is 5.26 Å². The summed E-state index contributed by atoms with van der Waals surface area (Å²) in [6.07, 6.45) is 5.54. The van der Waals surface area contributed by atoms with Crippen molar-refractivity contribution in [2.75, 3.05) is 0 Å². The molecule has 0 atom stereocenters. The van der Waals surface area contributed by atoms with Gasteiger partial charge in [0.25, 0.3) is 0 Å². The Bertz CT molecular complexity index is 671. The van der Waals surface area contributed by atoms with E-state index in [0.29, 0.717) is 11.3 Å². The van der Waals surface area contributed by atoms with Crippen LogP contribution >= 0.6 is 0 Å². The summed E-state index contributed by atoms with van der Waals surface area (Å²) in [5.41, 5.74) is 2.48. The molecule has 0 amide bonds. The first-order chi connectivity index (χ1) is 8.36. The molecule has 0 bridgehead atoms. The highest BCUT2D eigenvalue weighted by atomic mass is 15.1. The van der Waals surface area contributed by atoms with Crippen molar-refractivity contribution in [3.8, 4) is 17.3 Å². The molecule has 0 aliphatic heterocycles. The largest absolute Gasteiger partial charge is 0.291 e. The minimum Gasteiger partial charge on any atom is -0.291 e. The zero-order valence-electron chi connectivity index (χ0n) is 8.91. The van der Waals surface area contributed by atoms with Crippen LogP contribution in [-0.4, -0.2) is 14.4 Å². The smallest absolute Gasteiger partial charge is 0.234 e. The number of fused-ring (bicyclic) bond motifs is 1. The summed E-state index contributed by atoms with van der Waals surface area (Å²) in [4.78, 5) is 8.57. The third kappa shape index (κ3) is 1.64. The number of hydrogen-bond donors (Lipinski definition) is 0. The van der Waals surface area contributed by atoms with Crippen molar-refractivity contribution in [2.45, 2.75) is 0 Å². The maximum atomic E-state index is 8.73. The maximum Gasteiger partial charge on any atom is 0.234 e. The summed E-state index contributed by atoms with van der Waals surface area (Å²) < 4.78 is 1.87. The van der Waals surface area contributed by atoms with Crippen molar-refractivity contribution >= 4 is 5.78 Å². The van der Waals surface area contributed by atoms with E-state index in [1.807, 2.05) is 35.0 Å². The molecule has 17 heavy (non-hydrogen) atoms. The zero-order chi connectivity index (χ0) is 11.7. The van der Waals surface area contributed by atoms with Gasteiger partial charge in [-0.15, -0.1) is 0 Å². The third-order valence-corrected chi connectivity index (χ3v) is 2.55. The van der Waals surface area contributed by atoms with Crippen LogP contribution in [0.25, 0.3) is 17.0 Å². The molecule has 0 N–H and O–H groups in total. The summed E-state index contributed by atoms with van der Waals surface area (Å²) in [6, 6.07) is 11.3. The number of aromatic nitrogens is 3. The van der Waals surface area contributed by atoms with Gasteiger partial charge in [-0.25, -0.2) is 9.97 Å². The van der Waals surface area contributed by atoms with Crippen molar-refractivity contribution < 1.29 is 0 Å². The second-order valence-corrected chi connectivity index (χ2v) is 3.64. The molecule has 3 aromatic rings. The van der Waals surface area contributed by atoms with Gasteiger partial charge in [0.05, 0.1) is 17.3 Å². The van der Waals surface area contributed by atoms with E-state index in [2.05, 4.69) is 16.0 Å². The predicted molar refractivity (Wildman–Crippen MR) is 63.1 cm³/mol. The Morgan fingerprint density at radius 3 is 2.71 bits per heavy atom. The molecule has 0 radical (unpaired) electrons. The predicted octanol–water partition coefficient (Wildman–Crippen LogP) is 2.27. The quantitative estimate of drug-likeness (QED) is 0.632. The molecule has 4 nitrogen and oxygen atoms in total. The highest BCUT2D eigenvalue weighted by molar-refractivity contribution is 5.62. The first kappa shape index (κ1) is 9.55. The first-order valence-electron chi connectivity index (χ1n) is 5.17. The average molecular weight is 220 g/mol. The molecular formula is C13H8N4. The molecule has 0 aliphatic carbocycles. The van der Waals surface area contributed by atoms with E-state index in [1.54, 1.807) is 18.3 Å². The molecule has 0 spiro atoms. The minimum atomic E-state index is 0.649. The minimum absolute atomic E-state index is 0.649. The lowest BCUT2D eigenvalue weighted by atomic mass is 10.1. The molecule has 0 fully saturated rings. The number of imidazole rings is 1. The van der Waals surface area contributed by atoms with Crippen LogP contribution in [0.1, 0.15) is 5.56 Å². The van der Waals surface area contributed by atoms with Crippen LogP contribution in [0.5, 0.6) is 0 Å². The van der Waals surface area contributed by atoms with E-state index >= 15 is 0 Å². The van der Waals surface area contributed by atoms with Gasteiger partial charge in [-0.1, -0.05) is 12.1 Å². The van der Waals surface area contributed by atoms with E-state index in [0.717, 1.165) is 11.3 Å². The monoisotopic (exact) mass is 220 g/mol. The Labute approximate surface area is 97.8 Å². The Hall–Kier alpha value is -2.67. The first-order valence-corrected chi connectivity index (χ1v) is 5.17. The normalized spacial score (nSPS) is 10.3. The highest BCUT2D eigenvalue weighted by Gasteiger charge is 2.04. The van der Waals surface area contributed by atoms with Gasteiger partial charge >= 0.3 is 0 Å². The fourth-order valence-electron chi connectivity index (χ4n) is 1.68. The lowest BCUT2D eigenvalue weighted by Crippen LogP contribution is -1.83. The fraction of sp³-hybridized carbons (Fsp3) is 0. The zero-order valence-corrected chi connectivity index (χ0v) is 8.91. The number of benzene rings is 1. The van der Waals surface area contributed by atoms with Crippen LogP contribution in [0.2, 0.25) is 0 Å². The Morgan fingerprint density at radius 2 is 2.00 bits per heavy atom. The van der Waals surface area contributed by atoms with Crippen LogP contribution in [0.15, 0.2) is 48.9 Å². The SMILES string of the molecule is N#Cc1ccc(-c2cn3cccnc3n2)cc1. The van der Waals surface area contributed by atoms with Crippen LogP contribution < -0.4 is 0 Å². The molecule has 2 heterocycles. The van der Waals surface area contributed by atoms with Crippen LogP contribution in [-0.2, 0) is 0 Å². The second-order valence-electron chi connectivity index (χ2n) is 3.64. The van der Waals surface area contributed by atoms with Crippen LogP contribution in [0.3, 0.4) is 0 Å². The van der Waals surface area contributed by atoms with Crippen molar-refractivity contribution in [3.63, 3.8) is 0 Å². The molecular weight excluding hydrogens is 212 g/mol. The molecule has 0 unspecified atom stereocenters. The van der Waals surface area contributed by atoms with E-state index < -0.39 is 0 Å². The van der Waals surface area contributed by atoms with E-state index in [4.69, 9.17) is 5.26 Å². The Morgan fingerprint density at radius 1 is 1.18 bits per heavy atom. The van der Waals surface area contributed by atoms with E-state index in [-0.39, 0.29) is 0 Å². The van der Waals surface area contributed by atoms with Gasteiger partial charge < -0.3 is 0 Å². The molecule has 2 aromatic heterocycles. The van der Waals surface area contributed by atoms with Crippen LogP contribution in [0.4, 0.5) is 0 Å². The molecule has 0 saturated carbocycles. The topological polar surface area (TPSA) is 54.0 Å². The van der Waals surface area contributed by atoms with Gasteiger partial charge in [0, 0.05) is 24.2 Å². The molecule has 0 aliphatic rings. The summed E-state index contributed by atoms with van der Waals surface area (Å²) in [5.74, 6) is 0.673. The molecule has 1 aromatic carbocycles. The fourth-order valence-corrected chi connectivity index (χ4v) is 1.68. The van der Waals surface area contributed by atoms with Gasteiger partial charge in [0.1, 0.15) is 0 Å². The van der Waals surface area contributed by atoms with Crippen molar-refractivity contribution in [2.24, 2.45) is 0 Å². The summed E-state index contributed by atoms with van der Waals surface area (Å²) in [7, 11) is 0. The lowest BCUT2D eigenvalue weighted by Gasteiger charge is -1.94. The molecule has 3 rings (SSSR count). The number of nitrogens with zero attached hydrogens (tertiary/aromatic N) is 4. The summed E-state index contributed by atoms with van der Waals surface area (Å²) in [5, 5.41) is 8.73. The molecule has 80 valence electrons. The van der Waals surface area contributed by atoms with Gasteiger partial charge in [0.15, 0.2) is 0 Å². The maximum absolute atomic E-state index is 8.73. The lowest BCUT2D eigenvalue weighted by molar-refractivity contribution is 1.11. The summed E-state index contributed by atoms with van der Waals surface area (Å²) >= 11 is 0. The van der Waals surface area contributed by atoms with Crippen LogP contribution in [0, 0.1) is 11.3 Å². The Balaban J connectivity index is 2.11. The second kappa shape index (κ2) is 3.72. The molecule has 4 heteroatoms. The Kier molecular flexibility index (Phi) is 2.09. The van der Waals surface area contributed by atoms with Crippen molar-refractivity contribution in [1.82, 2.24) is 14.4 Å². The van der Waals surface area contributed by atoms with E-state index in [9.17, 15) is 0 Å².